The van der Waals surface area contributed by atoms with E-state index in [1.165, 1.54) is 21.9 Å². The van der Waals surface area contributed by atoms with Gasteiger partial charge in [-0.2, -0.15) is 0 Å². The molecule has 0 spiro atoms. The number of anilines is 3. The molecule has 1 aliphatic rings. The van der Waals surface area contributed by atoms with Crippen LogP contribution in [0.2, 0.25) is 0 Å². The zero-order chi connectivity index (χ0) is 33.1. The summed E-state index contributed by atoms with van der Waals surface area (Å²) < 4.78 is 19.1. The molecule has 236 valence electrons. The molecule has 1 unspecified atom stereocenters. The van der Waals surface area contributed by atoms with Crippen LogP contribution >= 0.6 is 0 Å². The van der Waals surface area contributed by atoms with Gasteiger partial charge in [-0.05, 0) is 77.4 Å². The molecule has 0 radical (unpaired) electrons. The maximum Gasteiger partial charge on any atom is 0.150 e. The predicted octanol–water partition coefficient (Wildman–Crippen LogP) is 11.4. The number of hydrogen-bond donors (Lipinski definition) is 0. The summed E-state index contributed by atoms with van der Waals surface area (Å²) in [6, 6.07) is 49.1. The molecule has 0 amide bonds. The van der Waals surface area contributed by atoms with Gasteiger partial charge in [0, 0.05) is 45.4 Å². The minimum absolute atomic E-state index is 0.431. The normalized spacial score (nSPS) is 14.1. The second-order valence-electron chi connectivity index (χ2n) is 13.2. The summed E-state index contributed by atoms with van der Waals surface area (Å²) in [5, 5.41) is 2.41. The maximum atomic E-state index is 16.7. The van der Waals surface area contributed by atoms with Crippen molar-refractivity contribution in [3.63, 3.8) is 0 Å². The molecule has 4 nitrogen and oxygen atoms in total. The molecule has 0 saturated carbocycles. The molecule has 0 fully saturated rings. The topological polar surface area (TPSA) is 34.0 Å². The fourth-order valence-electron chi connectivity index (χ4n) is 7.69. The molecule has 5 aromatic carbocycles. The first kappa shape index (κ1) is 29.1. The van der Waals surface area contributed by atoms with Crippen LogP contribution < -0.4 is 4.90 Å². The van der Waals surface area contributed by atoms with Gasteiger partial charge >= 0.3 is 0 Å². The molecule has 0 aliphatic carbocycles. The molecule has 49 heavy (non-hydrogen) atoms. The van der Waals surface area contributed by atoms with Gasteiger partial charge in [0.15, 0.2) is 6.17 Å². The average Bonchev–Trinajstić information content (AvgIpc) is 3.50. The Hall–Kier alpha value is -6.07. The second kappa shape index (κ2) is 11.3. The molecule has 5 heteroatoms. The number of fused-ring (bicyclic) bond motifs is 6. The van der Waals surface area contributed by atoms with Gasteiger partial charge in [0.1, 0.15) is 5.82 Å². The molecule has 4 heterocycles. The zero-order valence-corrected chi connectivity index (χ0v) is 27.3. The first-order valence-electron chi connectivity index (χ1n) is 16.6. The first-order valence-corrected chi connectivity index (χ1v) is 16.6. The van der Waals surface area contributed by atoms with Gasteiger partial charge in [0.2, 0.25) is 0 Å². The molecule has 1 atom stereocenters. The van der Waals surface area contributed by atoms with Crippen LogP contribution in [0.25, 0.3) is 38.8 Å². The molecular formula is C44H33FN4. The Labute approximate surface area is 284 Å². The third kappa shape index (κ3) is 4.57. The Kier molecular flexibility index (Phi) is 6.70. The summed E-state index contributed by atoms with van der Waals surface area (Å²) in [6.07, 6.45) is 2.25. The van der Waals surface area contributed by atoms with Gasteiger partial charge in [-0.3, -0.25) is 9.88 Å². The van der Waals surface area contributed by atoms with Crippen molar-refractivity contribution in [2.24, 2.45) is 0 Å². The number of pyridine rings is 2. The SMILES string of the molecule is CC1(C)c2ccc(C(F)c3cccc(-c4ccccn4)c3)cc2N(c2ccccn2)c2ccc3c4ccccc4n(-c4ccccc4)c3c21. The number of rotatable bonds is 5. The summed E-state index contributed by atoms with van der Waals surface area (Å²) in [6.45, 7) is 4.58. The van der Waals surface area contributed by atoms with E-state index in [2.05, 4.69) is 101 Å². The highest BCUT2D eigenvalue weighted by Gasteiger charge is 2.40. The van der Waals surface area contributed by atoms with Crippen LogP contribution in [-0.2, 0) is 5.41 Å². The molecule has 0 bridgehead atoms. The highest BCUT2D eigenvalue weighted by molar-refractivity contribution is 6.13. The van der Waals surface area contributed by atoms with E-state index in [-0.39, 0.29) is 0 Å². The molecular weight excluding hydrogens is 604 g/mol. The van der Waals surface area contributed by atoms with Crippen molar-refractivity contribution >= 4 is 39.0 Å². The Morgan fingerprint density at radius 2 is 1.37 bits per heavy atom. The van der Waals surface area contributed by atoms with Crippen LogP contribution in [0, 0.1) is 0 Å². The number of halogens is 1. The fourth-order valence-corrected chi connectivity index (χ4v) is 7.69. The van der Waals surface area contributed by atoms with E-state index in [0.717, 1.165) is 45.2 Å². The van der Waals surface area contributed by atoms with Crippen LogP contribution in [0.4, 0.5) is 21.6 Å². The van der Waals surface area contributed by atoms with E-state index in [4.69, 9.17) is 4.98 Å². The molecule has 0 N–H and O–H groups in total. The Balaban J connectivity index is 1.28. The van der Waals surface area contributed by atoms with E-state index in [0.29, 0.717) is 11.1 Å². The largest absolute Gasteiger partial charge is 0.309 e. The predicted molar refractivity (Wildman–Crippen MR) is 198 cm³/mol. The van der Waals surface area contributed by atoms with E-state index in [1.54, 1.807) is 6.20 Å². The lowest BCUT2D eigenvalue weighted by Gasteiger charge is -2.42. The highest BCUT2D eigenvalue weighted by Crippen LogP contribution is 2.55. The van der Waals surface area contributed by atoms with Gasteiger partial charge in [-0.15, -0.1) is 0 Å². The van der Waals surface area contributed by atoms with Crippen LogP contribution in [0.3, 0.4) is 0 Å². The average molecular weight is 637 g/mol. The molecule has 3 aromatic heterocycles. The van der Waals surface area contributed by atoms with Gasteiger partial charge in [0.05, 0.1) is 28.1 Å². The molecule has 0 saturated heterocycles. The van der Waals surface area contributed by atoms with Crippen molar-refractivity contribution in [3.05, 3.63) is 180 Å². The fraction of sp³-hybridized carbons (Fsp3) is 0.0909. The Morgan fingerprint density at radius 1 is 0.612 bits per heavy atom. The summed E-state index contributed by atoms with van der Waals surface area (Å²) in [5.74, 6) is 0.784. The quantitative estimate of drug-likeness (QED) is 0.188. The lowest BCUT2D eigenvalue weighted by atomic mass is 9.72. The van der Waals surface area contributed by atoms with Crippen molar-refractivity contribution < 1.29 is 4.39 Å². The summed E-state index contributed by atoms with van der Waals surface area (Å²) >= 11 is 0. The minimum Gasteiger partial charge on any atom is -0.309 e. The lowest BCUT2D eigenvalue weighted by molar-refractivity contribution is 0.402. The summed E-state index contributed by atoms with van der Waals surface area (Å²) in [7, 11) is 0. The number of alkyl halides is 1. The number of para-hydroxylation sites is 2. The van der Waals surface area contributed by atoms with Crippen LogP contribution in [0.5, 0.6) is 0 Å². The number of benzene rings is 5. The third-order valence-electron chi connectivity index (χ3n) is 9.94. The Bertz CT molecular complexity index is 2490. The van der Waals surface area contributed by atoms with Gasteiger partial charge in [-0.1, -0.05) is 98.8 Å². The standard InChI is InChI=1S/C44H33FN4/c1-44(2)35-23-21-31(42(45)30-14-12-13-29(27-30)36-18-8-10-25-46-36)28-39(35)49(40-20-9-11-26-47-40)38-24-22-34-33-17-6-7-19-37(33)48(43(34)41(38)44)32-15-4-3-5-16-32/h3-28,42H,1-2H3. The van der Waals surface area contributed by atoms with Crippen molar-refractivity contribution in [3.8, 4) is 16.9 Å². The highest BCUT2D eigenvalue weighted by atomic mass is 19.1. The second-order valence-corrected chi connectivity index (χ2v) is 13.2. The van der Waals surface area contributed by atoms with Crippen molar-refractivity contribution in [1.82, 2.24) is 14.5 Å². The van der Waals surface area contributed by atoms with Gasteiger partial charge < -0.3 is 4.57 Å². The van der Waals surface area contributed by atoms with Crippen molar-refractivity contribution in [2.45, 2.75) is 25.4 Å². The number of aromatic nitrogens is 3. The monoisotopic (exact) mass is 636 g/mol. The van der Waals surface area contributed by atoms with Gasteiger partial charge in [-0.25, -0.2) is 9.37 Å². The first-order chi connectivity index (χ1) is 24.0. The summed E-state index contributed by atoms with van der Waals surface area (Å²) in [4.78, 5) is 11.5. The van der Waals surface area contributed by atoms with Crippen LogP contribution in [0.1, 0.15) is 42.3 Å². The van der Waals surface area contributed by atoms with Crippen molar-refractivity contribution in [1.29, 1.82) is 0 Å². The lowest BCUT2D eigenvalue weighted by Crippen LogP contribution is -2.32. The van der Waals surface area contributed by atoms with E-state index in [1.807, 2.05) is 79.0 Å². The van der Waals surface area contributed by atoms with Crippen LogP contribution in [0.15, 0.2) is 158 Å². The van der Waals surface area contributed by atoms with Crippen LogP contribution in [-0.4, -0.2) is 14.5 Å². The van der Waals surface area contributed by atoms with E-state index in [9.17, 15) is 0 Å². The van der Waals surface area contributed by atoms with Gasteiger partial charge in [0.25, 0.3) is 0 Å². The summed E-state index contributed by atoms with van der Waals surface area (Å²) in [5.41, 5.74) is 10.2. The number of nitrogens with zero attached hydrogens (tertiary/aromatic N) is 4. The molecule has 1 aliphatic heterocycles. The molecule has 8 aromatic rings. The van der Waals surface area contributed by atoms with Crippen molar-refractivity contribution in [2.75, 3.05) is 4.90 Å². The zero-order valence-electron chi connectivity index (χ0n) is 27.3. The molecule has 9 rings (SSSR count). The number of hydrogen-bond acceptors (Lipinski definition) is 3. The Morgan fingerprint density at radius 3 is 2.16 bits per heavy atom. The smallest absolute Gasteiger partial charge is 0.150 e. The minimum atomic E-state index is -1.33. The van der Waals surface area contributed by atoms with E-state index >= 15 is 4.39 Å². The van der Waals surface area contributed by atoms with E-state index < -0.39 is 11.6 Å². The third-order valence-corrected chi connectivity index (χ3v) is 9.94. The maximum absolute atomic E-state index is 16.7.